The van der Waals surface area contributed by atoms with Gasteiger partial charge in [0.25, 0.3) is 0 Å². The summed E-state index contributed by atoms with van der Waals surface area (Å²) in [5, 5.41) is -0.721. The van der Waals surface area contributed by atoms with Crippen LogP contribution in [0.4, 0.5) is 0 Å². The van der Waals surface area contributed by atoms with Crippen LogP contribution in [0.1, 0.15) is 26.7 Å². The summed E-state index contributed by atoms with van der Waals surface area (Å²) in [4.78, 5) is 11.9. The number of benzene rings is 2. The van der Waals surface area contributed by atoms with Crippen molar-refractivity contribution in [2.24, 2.45) is 0 Å². The predicted molar refractivity (Wildman–Crippen MR) is 93.2 cm³/mol. The minimum absolute atomic E-state index is 0.201. The van der Waals surface area contributed by atoms with Crippen molar-refractivity contribution in [2.45, 2.75) is 11.7 Å². The van der Waals surface area contributed by atoms with E-state index in [1.54, 1.807) is 42.5 Å². The lowest BCUT2D eigenvalue weighted by Gasteiger charge is -2.17. The average Bonchev–Trinajstić information content (AvgIpc) is 2.51. The summed E-state index contributed by atoms with van der Waals surface area (Å²) in [7, 11) is -2.04. The summed E-state index contributed by atoms with van der Waals surface area (Å²) in [6.07, 6.45) is 1.41. The number of methoxy groups -OCH3 is 1. The van der Waals surface area contributed by atoms with Crippen molar-refractivity contribution >= 4 is 31.7 Å². The molecule has 1 unspecified atom stereocenters. The molecule has 0 heterocycles. The molecule has 1 atom stereocenters. The fraction of sp³-hybridized carbons (Fsp3) is 0.235. The van der Waals surface area contributed by atoms with E-state index < -0.39 is 21.1 Å². The summed E-state index contributed by atoms with van der Waals surface area (Å²) in [5.74, 6) is -0.479. The molecule has 0 aromatic heterocycles. The van der Waals surface area contributed by atoms with E-state index in [-0.39, 0.29) is 6.42 Å². The lowest BCUT2D eigenvalue weighted by atomic mass is 9.99. The zero-order valence-electron chi connectivity index (χ0n) is 12.8. The summed E-state index contributed by atoms with van der Waals surface area (Å²) >= 11 is 3.36. The molecule has 0 saturated carbocycles. The highest BCUT2D eigenvalue weighted by molar-refractivity contribution is 9.10. The second-order valence-corrected chi connectivity index (χ2v) is 8.37. The highest BCUT2D eigenvalue weighted by Crippen LogP contribution is 2.29. The zero-order chi connectivity index (χ0) is 17.0. The Morgan fingerprint density at radius 3 is 2.39 bits per heavy atom. The van der Waals surface area contributed by atoms with Gasteiger partial charge >= 0.3 is 5.97 Å². The van der Waals surface area contributed by atoms with Crippen LogP contribution >= 0.6 is 15.9 Å². The van der Waals surface area contributed by atoms with Crippen molar-refractivity contribution < 1.29 is 17.9 Å². The molecule has 0 amide bonds. The molecular formula is C17H17BrO4S. The Labute approximate surface area is 144 Å². The van der Waals surface area contributed by atoms with Gasteiger partial charge in [0.15, 0.2) is 9.84 Å². The first-order valence-corrected chi connectivity index (χ1v) is 9.68. The van der Waals surface area contributed by atoms with E-state index in [1.807, 2.05) is 6.07 Å². The number of sulfone groups is 1. The van der Waals surface area contributed by atoms with Gasteiger partial charge in [-0.05, 0) is 35.7 Å². The molecule has 0 radical (unpaired) electrons. The Balaban J connectivity index is 2.49. The van der Waals surface area contributed by atoms with E-state index in [0.29, 0.717) is 16.7 Å². The molecule has 0 saturated heterocycles. The summed E-state index contributed by atoms with van der Waals surface area (Å²) in [6, 6.07) is 14.1. The summed E-state index contributed by atoms with van der Waals surface area (Å²) < 4.78 is 30.1. The Bertz CT molecular complexity index is 801. The Kier molecular flexibility index (Phi) is 5.59. The Morgan fingerprint density at radius 2 is 1.83 bits per heavy atom. The molecule has 0 aliphatic rings. The van der Waals surface area contributed by atoms with E-state index in [4.69, 9.17) is 4.74 Å². The maximum absolute atomic E-state index is 12.2. The second kappa shape index (κ2) is 7.27. The van der Waals surface area contributed by atoms with Gasteiger partial charge in [-0.15, -0.1) is 0 Å². The van der Waals surface area contributed by atoms with Gasteiger partial charge in [-0.25, -0.2) is 13.2 Å². The van der Waals surface area contributed by atoms with Crippen molar-refractivity contribution in [3.05, 3.63) is 69.7 Å². The third-order valence-corrected chi connectivity index (χ3v) is 5.53. The number of rotatable bonds is 5. The number of hydrogen-bond donors (Lipinski definition) is 0. The van der Waals surface area contributed by atoms with Crippen LogP contribution in [0.25, 0.3) is 0 Å². The maximum Gasteiger partial charge on any atom is 0.338 e. The predicted octanol–water partition coefficient (Wildman–Crippen LogP) is 3.56. The minimum atomic E-state index is -3.35. The van der Waals surface area contributed by atoms with Crippen LogP contribution < -0.4 is 0 Å². The monoisotopic (exact) mass is 396 g/mol. The van der Waals surface area contributed by atoms with Crippen molar-refractivity contribution in [1.82, 2.24) is 0 Å². The molecule has 2 aromatic carbocycles. The van der Waals surface area contributed by atoms with E-state index in [2.05, 4.69) is 15.9 Å². The van der Waals surface area contributed by atoms with Gasteiger partial charge in [0.1, 0.15) is 0 Å². The van der Waals surface area contributed by atoms with Crippen LogP contribution in [-0.4, -0.2) is 27.8 Å². The van der Waals surface area contributed by atoms with Crippen molar-refractivity contribution in [1.29, 1.82) is 0 Å². The first-order chi connectivity index (χ1) is 10.8. The third-order valence-electron chi connectivity index (χ3n) is 3.57. The fourth-order valence-corrected chi connectivity index (χ4v) is 3.97. The topological polar surface area (TPSA) is 60.4 Å². The van der Waals surface area contributed by atoms with Gasteiger partial charge in [-0.3, -0.25) is 0 Å². The van der Waals surface area contributed by atoms with E-state index in [1.165, 1.54) is 13.4 Å². The van der Waals surface area contributed by atoms with Gasteiger partial charge in [-0.2, -0.15) is 0 Å². The van der Waals surface area contributed by atoms with Crippen LogP contribution in [0.5, 0.6) is 0 Å². The van der Waals surface area contributed by atoms with Gasteiger partial charge in [-0.1, -0.05) is 46.3 Å². The molecule has 2 aromatic rings. The lowest BCUT2D eigenvalue weighted by molar-refractivity contribution is 0.0599. The standard InChI is InChI=1S/C17H17BrO4S/c1-22-17(19)15-9-8-14(18)10-13(15)11-16(23(2,20)21)12-6-4-3-5-7-12/h3-10,16H,11H2,1-2H3. The number of halogens is 1. The molecule has 4 nitrogen and oxygen atoms in total. The minimum Gasteiger partial charge on any atom is -0.465 e. The molecule has 2 rings (SSSR count). The molecule has 0 spiro atoms. The maximum atomic E-state index is 12.2. The molecule has 0 aliphatic heterocycles. The van der Waals surface area contributed by atoms with Crippen molar-refractivity contribution in [3.8, 4) is 0 Å². The van der Waals surface area contributed by atoms with E-state index in [9.17, 15) is 13.2 Å². The molecule has 0 bridgehead atoms. The number of esters is 1. The zero-order valence-corrected chi connectivity index (χ0v) is 15.2. The molecule has 0 N–H and O–H groups in total. The van der Waals surface area contributed by atoms with Crippen LogP contribution in [-0.2, 0) is 21.0 Å². The molecule has 0 aliphatic carbocycles. The van der Waals surface area contributed by atoms with Crippen molar-refractivity contribution in [3.63, 3.8) is 0 Å². The Morgan fingerprint density at radius 1 is 1.17 bits per heavy atom. The first kappa shape index (κ1) is 17.7. The molecule has 0 fully saturated rings. The summed E-state index contributed by atoms with van der Waals surface area (Å²) in [5.41, 5.74) is 1.71. The first-order valence-electron chi connectivity index (χ1n) is 6.93. The van der Waals surface area contributed by atoms with Crippen molar-refractivity contribution in [2.75, 3.05) is 13.4 Å². The van der Waals surface area contributed by atoms with Crippen LogP contribution in [0.15, 0.2) is 53.0 Å². The number of ether oxygens (including phenoxy) is 1. The molecule has 6 heteroatoms. The normalized spacial score (nSPS) is 12.7. The molecular weight excluding hydrogens is 380 g/mol. The Hall–Kier alpha value is -1.66. The molecule has 122 valence electrons. The largest absolute Gasteiger partial charge is 0.465 e. The van der Waals surface area contributed by atoms with Crippen LogP contribution in [0.3, 0.4) is 0 Å². The highest BCUT2D eigenvalue weighted by Gasteiger charge is 2.25. The third kappa shape index (κ3) is 4.42. The number of carbonyl (C=O) groups is 1. The average molecular weight is 397 g/mol. The molecule has 23 heavy (non-hydrogen) atoms. The fourth-order valence-electron chi connectivity index (χ4n) is 2.42. The van der Waals surface area contributed by atoms with Gasteiger partial charge in [0.05, 0.1) is 17.9 Å². The lowest BCUT2D eigenvalue weighted by Crippen LogP contribution is -2.16. The van der Waals surface area contributed by atoms with Gasteiger partial charge in [0, 0.05) is 10.7 Å². The summed E-state index contributed by atoms with van der Waals surface area (Å²) in [6.45, 7) is 0. The van der Waals surface area contributed by atoms with Gasteiger partial charge < -0.3 is 4.74 Å². The van der Waals surface area contributed by atoms with E-state index >= 15 is 0 Å². The number of carbonyl (C=O) groups excluding carboxylic acids is 1. The number of hydrogen-bond acceptors (Lipinski definition) is 4. The SMILES string of the molecule is COC(=O)c1ccc(Br)cc1CC(c1ccccc1)S(C)(=O)=O. The smallest absolute Gasteiger partial charge is 0.338 e. The second-order valence-electron chi connectivity index (χ2n) is 5.23. The highest BCUT2D eigenvalue weighted by atomic mass is 79.9. The van der Waals surface area contributed by atoms with Crippen LogP contribution in [0.2, 0.25) is 0 Å². The van der Waals surface area contributed by atoms with Crippen LogP contribution in [0, 0.1) is 0 Å². The van der Waals surface area contributed by atoms with E-state index in [0.717, 1.165) is 4.47 Å². The quantitative estimate of drug-likeness (QED) is 0.724. The van der Waals surface area contributed by atoms with Gasteiger partial charge in [0.2, 0.25) is 0 Å².